The van der Waals surface area contributed by atoms with Gasteiger partial charge in [0.25, 0.3) is 0 Å². The average Bonchev–Trinajstić information content (AvgIpc) is 2.92. The first-order valence-electron chi connectivity index (χ1n) is 8.41. The van der Waals surface area contributed by atoms with E-state index in [1.807, 2.05) is 19.2 Å². The molecule has 0 N–H and O–H groups in total. The molecule has 2 aromatic rings. The highest BCUT2D eigenvalue weighted by atomic mass is 16.5. The normalized spacial score (nSPS) is 19.2. The van der Waals surface area contributed by atoms with Gasteiger partial charge in [-0.15, -0.1) is 0 Å². The van der Waals surface area contributed by atoms with Crippen LogP contribution in [0.25, 0.3) is 11.3 Å². The number of hydrogen-bond donors (Lipinski definition) is 0. The van der Waals surface area contributed by atoms with Gasteiger partial charge < -0.3 is 9.42 Å². The molecule has 124 valence electrons. The van der Waals surface area contributed by atoms with Gasteiger partial charge in [-0.1, -0.05) is 32.9 Å². The number of aromatic nitrogens is 3. The Kier molecular flexibility index (Phi) is 4.13. The molecule has 3 heterocycles. The topological polar surface area (TPSA) is 55.1 Å². The highest BCUT2D eigenvalue weighted by Crippen LogP contribution is 2.33. The summed E-state index contributed by atoms with van der Waals surface area (Å²) in [6.45, 7) is 12.8. The molecule has 1 aliphatic rings. The van der Waals surface area contributed by atoms with Gasteiger partial charge >= 0.3 is 0 Å². The summed E-state index contributed by atoms with van der Waals surface area (Å²) < 4.78 is 5.44. The Morgan fingerprint density at radius 1 is 1.30 bits per heavy atom. The third-order valence-corrected chi connectivity index (χ3v) is 4.32. The third-order valence-electron chi connectivity index (χ3n) is 4.32. The Morgan fingerprint density at radius 2 is 2.09 bits per heavy atom. The van der Waals surface area contributed by atoms with Gasteiger partial charge in [-0.05, 0) is 25.7 Å². The van der Waals surface area contributed by atoms with E-state index in [1.54, 1.807) is 0 Å². The first-order chi connectivity index (χ1) is 10.8. The minimum Gasteiger partial charge on any atom is -0.356 e. The monoisotopic (exact) mass is 314 g/mol. The molecule has 0 aromatic carbocycles. The van der Waals surface area contributed by atoms with Gasteiger partial charge in [-0.3, -0.25) is 0 Å². The number of anilines is 1. The summed E-state index contributed by atoms with van der Waals surface area (Å²) in [7, 11) is 0. The highest BCUT2D eigenvalue weighted by Gasteiger charge is 2.26. The molecule has 1 fully saturated rings. The summed E-state index contributed by atoms with van der Waals surface area (Å²) >= 11 is 0. The van der Waals surface area contributed by atoms with Crippen LogP contribution in [0.15, 0.2) is 16.8 Å². The lowest BCUT2D eigenvalue weighted by Crippen LogP contribution is -2.36. The maximum atomic E-state index is 5.44. The van der Waals surface area contributed by atoms with E-state index in [4.69, 9.17) is 9.51 Å². The fourth-order valence-electron chi connectivity index (χ4n) is 3.14. The van der Waals surface area contributed by atoms with E-state index in [0.29, 0.717) is 5.92 Å². The maximum absolute atomic E-state index is 5.44. The van der Waals surface area contributed by atoms with E-state index in [9.17, 15) is 0 Å². The Morgan fingerprint density at radius 3 is 2.70 bits per heavy atom. The second kappa shape index (κ2) is 5.95. The largest absolute Gasteiger partial charge is 0.356 e. The van der Waals surface area contributed by atoms with Crippen molar-refractivity contribution in [1.29, 1.82) is 0 Å². The molecule has 0 aliphatic carbocycles. The summed E-state index contributed by atoms with van der Waals surface area (Å²) in [6.07, 6.45) is 4.39. The molecule has 1 saturated heterocycles. The molecule has 3 rings (SSSR count). The van der Waals surface area contributed by atoms with Crippen molar-refractivity contribution in [2.24, 2.45) is 5.92 Å². The van der Waals surface area contributed by atoms with Gasteiger partial charge in [0, 0.05) is 30.8 Å². The molecule has 0 unspecified atom stereocenters. The van der Waals surface area contributed by atoms with Crippen molar-refractivity contribution < 1.29 is 4.52 Å². The van der Waals surface area contributed by atoms with E-state index in [0.717, 1.165) is 41.7 Å². The Labute approximate surface area is 138 Å². The van der Waals surface area contributed by atoms with Crippen molar-refractivity contribution >= 4 is 5.95 Å². The minimum atomic E-state index is -0.0882. The van der Waals surface area contributed by atoms with Crippen molar-refractivity contribution in [2.75, 3.05) is 18.0 Å². The van der Waals surface area contributed by atoms with Gasteiger partial charge in [-0.2, -0.15) is 0 Å². The molecule has 2 aromatic heterocycles. The van der Waals surface area contributed by atoms with E-state index in [2.05, 4.69) is 42.7 Å². The molecule has 1 atom stereocenters. The van der Waals surface area contributed by atoms with Crippen molar-refractivity contribution in [3.63, 3.8) is 0 Å². The first kappa shape index (κ1) is 16.0. The number of piperidine rings is 1. The van der Waals surface area contributed by atoms with Gasteiger partial charge in [0.05, 0.1) is 17.0 Å². The molecule has 5 nitrogen and oxygen atoms in total. The van der Waals surface area contributed by atoms with E-state index >= 15 is 0 Å². The molecule has 1 aliphatic heterocycles. The molecular weight excluding hydrogens is 288 g/mol. The zero-order valence-corrected chi connectivity index (χ0v) is 14.8. The molecule has 23 heavy (non-hydrogen) atoms. The lowest BCUT2D eigenvalue weighted by molar-refractivity contribution is 0.424. The zero-order valence-electron chi connectivity index (χ0n) is 14.8. The van der Waals surface area contributed by atoms with Crippen LogP contribution in [0.2, 0.25) is 0 Å². The van der Waals surface area contributed by atoms with Crippen LogP contribution in [-0.4, -0.2) is 28.2 Å². The van der Waals surface area contributed by atoms with Crippen LogP contribution in [0.1, 0.15) is 51.9 Å². The number of nitrogens with zero attached hydrogens (tertiary/aromatic N) is 4. The van der Waals surface area contributed by atoms with Crippen molar-refractivity contribution in [1.82, 2.24) is 15.1 Å². The number of aryl methyl sites for hydroxylation is 1. The average molecular weight is 314 g/mol. The molecule has 0 amide bonds. The second-order valence-electron chi connectivity index (χ2n) is 7.71. The van der Waals surface area contributed by atoms with Crippen LogP contribution < -0.4 is 4.90 Å². The maximum Gasteiger partial charge on any atom is 0.225 e. The van der Waals surface area contributed by atoms with E-state index in [1.165, 1.54) is 12.8 Å². The van der Waals surface area contributed by atoms with Crippen LogP contribution in [0.3, 0.4) is 0 Å². The summed E-state index contributed by atoms with van der Waals surface area (Å²) in [5, 5.41) is 4.00. The van der Waals surface area contributed by atoms with Crippen LogP contribution in [0.5, 0.6) is 0 Å². The fourth-order valence-corrected chi connectivity index (χ4v) is 3.14. The standard InChI is InChI=1S/C18H26N4O/c1-12-7-6-8-22(11-12)17-19-10-14(15-9-13(2)21-23-15)16(20-17)18(3,4)5/h9-10,12H,6-8,11H2,1-5H3/t12-/m0/s1. The van der Waals surface area contributed by atoms with Gasteiger partial charge in [0.2, 0.25) is 5.95 Å². The van der Waals surface area contributed by atoms with Crippen LogP contribution >= 0.6 is 0 Å². The lowest BCUT2D eigenvalue weighted by Gasteiger charge is -2.32. The van der Waals surface area contributed by atoms with Crippen LogP contribution in [0, 0.1) is 12.8 Å². The molecule has 0 radical (unpaired) electrons. The van der Waals surface area contributed by atoms with Crippen LogP contribution in [0.4, 0.5) is 5.95 Å². The van der Waals surface area contributed by atoms with Crippen molar-refractivity contribution in [3.8, 4) is 11.3 Å². The molecule has 0 saturated carbocycles. The second-order valence-corrected chi connectivity index (χ2v) is 7.71. The van der Waals surface area contributed by atoms with Gasteiger partial charge in [-0.25, -0.2) is 9.97 Å². The van der Waals surface area contributed by atoms with Crippen LogP contribution in [-0.2, 0) is 5.41 Å². The predicted octanol–water partition coefficient (Wildman–Crippen LogP) is 3.97. The van der Waals surface area contributed by atoms with Crippen molar-refractivity contribution in [2.45, 2.75) is 52.9 Å². The molecule has 0 spiro atoms. The molecular formula is C18H26N4O. The van der Waals surface area contributed by atoms with Gasteiger partial charge in [0.15, 0.2) is 5.76 Å². The Balaban J connectivity index is 2.02. The quantitative estimate of drug-likeness (QED) is 0.839. The molecule has 0 bridgehead atoms. The number of hydrogen-bond acceptors (Lipinski definition) is 5. The smallest absolute Gasteiger partial charge is 0.225 e. The minimum absolute atomic E-state index is 0.0882. The third kappa shape index (κ3) is 3.38. The summed E-state index contributed by atoms with van der Waals surface area (Å²) in [5.41, 5.74) is 2.73. The summed E-state index contributed by atoms with van der Waals surface area (Å²) in [6, 6.07) is 1.94. The van der Waals surface area contributed by atoms with E-state index in [-0.39, 0.29) is 5.41 Å². The number of rotatable bonds is 2. The molecule has 5 heteroatoms. The van der Waals surface area contributed by atoms with Gasteiger partial charge in [0.1, 0.15) is 0 Å². The SMILES string of the molecule is Cc1cc(-c2cnc(N3CCC[C@H](C)C3)nc2C(C)(C)C)on1. The highest BCUT2D eigenvalue weighted by molar-refractivity contribution is 5.62. The van der Waals surface area contributed by atoms with E-state index < -0.39 is 0 Å². The van der Waals surface area contributed by atoms with Crippen molar-refractivity contribution in [3.05, 3.63) is 23.7 Å². The lowest BCUT2D eigenvalue weighted by atomic mass is 9.88. The first-order valence-corrected chi connectivity index (χ1v) is 8.41. The summed E-state index contributed by atoms with van der Waals surface area (Å²) in [5.74, 6) is 2.27. The fraction of sp³-hybridized carbons (Fsp3) is 0.611. The predicted molar refractivity (Wildman–Crippen MR) is 91.6 cm³/mol. The Hall–Kier alpha value is -1.91. The Bertz CT molecular complexity index is 687. The zero-order chi connectivity index (χ0) is 16.6. The summed E-state index contributed by atoms with van der Waals surface area (Å²) in [4.78, 5) is 11.8.